The lowest BCUT2D eigenvalue weighted by atomic mass is 10.1. The molecule has 0 bridgehead atoms. The number of rotatable bonds is 6. The number of carbonyl (C=O) groups excluding carboxylic acids is 2. The molecule has 0 saturated heterocycles. The number of amides is 2. The molecule has 1 heterocycles. The highest BCUT2D eigenvalue weighted by atomic mass is 16.7. The van der Waals surface area contributed by atoms with E-state index in [9.17, 15) is 9.59 Å². The number of hydrogen-bond acceptors (Lipinski definition) is 5. The van der Waals surface area contributed by atoms with Crippen molar-refractivity contribution < 1.29 is 19.1 Å². The van der Waals surface area contributed by atoms with E-state index in [0.29, 0.717) is 28.3 Å². The van der Waals surface area contributed by atoms with Crippen LogP contribution in [0.3, 0.4) is 0 Å². The number of nitrogens with two attached hydrogens (primary N) is 1. The number of hydrogen-bond donors (Lipinski definition) is 3. The molecule has 1 aliphatic heterocycles. The smallest absolute Gasteiger partial charge is 0.268 e. The van der Waals surface area contributed by atoms with Crippen LogP contribution in [0.2, 0.25) is 0 Å². The Morgan fingerprint density at radius 3 is 2.48 bits per heavy atom. The molecule has 1 aliphatic rings. The molecule has 31 heavy (non-hydrogen) atoms. The monoisotopic (exact) mass is 415 g/mol. The number of nitrogens with one attached hydrogen (secondary N) is 2. The summed E-state index contributed by atoms with van der Waals surface area (Å²) >= 11 is 0. The number of nitrogen functional groups attached to an aromatic ring is 1. The van der Waals surface area contributed by atoms with E-state index in [1.807, 2.05) is 24.3 Å². The summed E-state index contributed by atoms with van der Waals surface area (Å²) in [7, 11) is 0. The van der Waals surface area contributed by atoms with Gasteiger partial charge in [0.05, 0.1) is 0 Å². The van der Waals surface area contributed by atoms with E-state index in [-0.39, 0.29) is 24.9 Å². The number of carbonyl (C=O) groups is 2. The molecule has 0 aromatic heterocycles. The third-order valence-electron chi connectivity index (χ3n) is 4.73. The first-order valence-corrected chi connectivity index (χ1v) is 9.69. The molecule has 2 amide bonds. The summed E-state index contributed by atoms with van der Waals surface area (Å²) in [6.45, 7) is 0.379. The fraction of sp³-hybridized carbons (Fsp3) is 0.0833. The zero-order chi connectivity index (χ0) is 21.6. The molecule has 4 N–H and O–H groups in total. The van der Waals surface area contributed by atoms with Crippen LogP contribution >= 0.6 is 0 Å². The van der Waals surface area contributed by atoms with Gasteiger partial charge < -0.3 is 25.8 Å². The fourth-order valence-electron chi connectivity index (χ4n) is 3.08. The molecule has 7 nitrogen and oxygen atoms in total. The molecule has 3 aromatic rings. The number of ether oxygens (including phenoxy) is 2. The Morgan fingerprint density at radius 1 is 0.935 bits per heavy atom. The zero-order valence-corrected chi connectivity index (χ0v) is 16.6. The normalized spacial score (nSPS) is 12.3. The maximum atomic E-state index is 12.9. The van der Waals surface area contributed by atoms with Gasteiger partial charge >= 0.3 is 0 Å². The second-order valence-corrected chi connectivity index (χ2v) is 6.87. The molecule has 3 aromatic carbocycles. The number of anilines is 1. The minimum Gasteiger partial charge on any atom is -0.454 e. The predicted molar refractivity (Wildman–Crippen MR) is 117 cm³/mol. The summed E-state index contributed by atoms with van der Waals surface area (Å²) in [5.41, 5.74) is 8.55. The second-order valence-electron chi connectivity index (χ2n) is 6.87. The van der Waals surface area contributed by atoms with E-state index >= 15 is 0 Å². The summed E-state index contributed by atoms with van der Waals surface area (Å²) in [5, 5.41) is 5.52. The van der Waals surface area contributed by atoms with Crippen molar-refractivity contribution in [3.05, 3.63) is 95.2 Å². The van der Waals surface area contributed by atoms with Crippen LogP contribution < -0.4 is 25.8 Å². The van der Waals surface area contributed by atoms with E-state index in [4.69, 9.17) is 15.2 Å². The van der Waals surface area contributed by atoms with Gasteiger partial charge in [0.15, 0.2) is 11.5 Å². The van der Waals surface area contributed by atoms with Gasteiger partial charge in [-0.25, -0.2) is 0 Å². The average Bonchev–Trinajstić information content (AvgIpc) is 3.26. The number of fused-ring (bicyclic) bond motifs is 1. The number of benzene rings is 3. The molecule has 0 atom stereocenters. The van der Waals surface area contributed by atoms with Crippen molar-refractivity contribution in [2.24, 2.45) is 0 Å². The van der Waals surface area contributed by atoms with Crippen LogP contribution in [0.25, 0.3) is 6.08 Å². The lowest BCUT2D eigenvalue weighted by Gasteiger charge is -2.12. The third kappa shape index (κ3) is 4.84. The largest absolute Gasteiger partial charge is 0.454 e. The Bertz CT molecular complexity index is 1140. The molecule has 0 spiro atoms. The van der Waals surface area contributed by atoms with Crippen LogP contribution in [-0.4, -0.2) is 18.6 Å². The summed E-state index contributed by atoms with van der Waals surface area (Å²) in [5.74, 6) is 0.392. The third-order valence-corrected chi connectivity index (χ3v) is 4.73. The van der Waals surface area contributed by atoms with E-state index < -0.39 is 5.91 Å². The Hall–Kier alpha value is -4.26. The summed E-state index contributed by atoms with van der Waals surface area (Å²) in [4.78, 5) is 25.6. The van der Waals surface area contributed by atoms with E-state index in [0.717, 1.165) is 5.56 Å². The van der Waals surface area contributed by atoms with Gasteiger partial charge in [-0.3, -0.25) is 9.59 Å². The average molecular weight is 415 g/mol. The van der Waals surface area contributed by atoms with Gasteiger partial charge in [0.2, 0.25) is 6.79 Å². The van der Waals surface area contributed by atoms with Crippen molar-refractivity contribution in [2.75, 3.05) is 12.5 Å². The predicted octanol–water partition coefficient (Wildman–Crippen LogP) is 3.08. The SMILES string of the molecule is Nc1ccccc1CNC(=O)C(=Cc1ccc2c(c1)OCO2)NC(=O)c1ccccc1. The zero-order valence-electron chi connectivity index (χ0n) is 16.6. The van der Waals surface area contributed by atoms with Crippen molar-refractivity contribution >= 4 is 23.6 Å². The maximum absolute atomic E-state index is 12.9. The molecular formula is C24H21N3O4. The van der Waals surface area contributed by atoms with Crippen LogP contribution in [0, 0.1) is 0 Å². The van der Waals surface area contributed by atoms with Crippen molar-refractivity contribution in [1.82, 2.24) is 10.6 Å². The van der Waals surface area contributed by atoms with E-state index in [2.05, 4.69) is 10.6 Å². The number of para-hydroxylation sites is 1. The fourth-order valence-corrected chi connectivity index (χ4v) is 3.08. The quantitative estimate of drug-likeness (QED) is 0.424. The van der Waals surface area contributed by atoms with Gasteiger partial charge in [0, 0.05) is 17.8 Å². The molecule has 0 radical (unpaired) electrons. The Kier molecular flexibility index (Phi) is 5.84. The Balaban J connectivity index is 1.57. The molecule has 7 heteroatoms. The first-order valence-electron chi connectivity index (χ1n) is 9.69. The summed E-state index contributed by atoms with van der Waals surface area (Å²) in [6, 6.07) is 21.2. The maximum Gasteiger partial charge on any atom is 0.268 e. The second kappa shape index (κ2) is 9.04. The molecule has 0 aliphatic carbocycles. The Morgan fingerprint density at radius 2 is 1.68 bits per heavy atom. The van der Waals surface area contributed by atoms with Crippen molar-refractivity contribution in [2.45, 2.75) is 6.54 Å². The van der Waals surface area contributed by atoms with Crippen molar-refractivity contribution in [3.8, 4) is 11.5 Å². The highest BCUT2D eigenvalue weighted by Crippen LogP contribution is 2.33. The summed E-state index contributed by atoms with van der Waals surface area (Å²) < 4.78 is 10.7. The van der Waals surface area contributed by atoms with Gasteiger partial charge in [0.25, 0.3) is 11.8 Å². The van der Waals surface area contributed by atoms with Crippen LogP contribution in [0.4, 0.5) is 5.69 Å². The molecule has 0 fully saturated rings. The standard InChI is InChI=1S/C24H21N3O4/c25-19-9-5-4-8-18(19)14-26-24(29)20(27-23(28)17-6-2-1-3-7-17)12-16-10-11-21-22(13-16)31-15-30-21/h1-13H,14-15,25H2,(H,26,29)(H,27,28). The highest BCUT2D eigenvalue weighted by Gasteiger charge is 2.17. The first kappa shape index (κ1) is 20.0. The molecule has 0 saturated carbocycles. The lowest BCUT2D eigenvalue weighted by molar-refractivity contribution is -0.117. The highest BCUT2D eigenvalue weighted by molar-refractivity contribution is 6.05. The molecule has 4 rings (SSSR count). The van der Waals surface area contributed by atoms with Crippen molar-refractivity contribution in [1.29, 1.82) is 0 Å². The van der Waals surface area contributed by atoms with E-state index in [1.165, 1.54) is 0 Å². The molecular weight excluding hydrogens is 394 g/mol. The van der Waals surface area contributed by atoms with Crippen LogP contribution in [0.1, 0.15) is 21.5 Å². The lowest BCUT2D eigenvalue weighted by Crippen LogP contribution is -2.34. The minimum atomic E-state index is -0.440. The molecule has 0 unspecified atom stereocenters. The van der Waals surface area contributed by atoms with Gasteiger partial charge in [-0.15, -0.1) is 0 Å². The van der Waals surface area contributed by atoms with Gasteiger partial charge in [0.1, 0.15) is 5.70 Å². The first-order chi connectivity index (χ1) is 15.1. The van der Waals surface area contributed by atoms with Crippen LogP contribution in [-0.2, 0) is 11.3 Å². The van der Waals surface area contributed by atoms with Gasteiger partial charge in [-0.2, -0.15) is 0 Å². The van der Waals surface area contributed by atoms with Crippen LogP contribution in [0.5, 0.6) is 11.5 Å². The van der Waals surface area contributed by atoms with Gasteiger partial charge in [-0.1, -0.05) is 42.5 Å². The van der Waals surface area contributed by atoms with Crippen molar-refractivity contribution in [3.63, 3.8) is 0 Å². The molecule has 156 valence electrons. The minimum absolute atomic E-state index is 0.0993. The van der Waals surface area contributed by atoms with Gasteiger partial charge in [-0.05, 0) is 47.5 Å². The topological polar surface area (TPSA) is 103 Å². The van der Waals surface area contributed by atoms with Crippen LogP contribution in [0.15, 0.2) is 78.5 Å². The summed E-state index contributed by atoms with van der Waals surface area (Å²) in [6.07, 6.45) is 1.59. The Labute approximate surface area is 179 Å². The van der Waals surface area contributed by atoms with E-state index in [1.54, 1.807) is 54.6 Å².